The molecule has 3 aromatic rings. The second kappa shape index (κ2) is 14.6. The molecule has 3 fully saturated rings. The van der Waals surface area contributed by atoms with Crippen molar-refractivity contribution in [1.82, 2.24) is 25.1 Å². The van der Waals surface area contributed by atoms with Crippen LogP contribution in [0.3, 0.4) is 0 Å². The number of aliphatic hydroxyl groups excluding tert-OH is 1. The summed E-state index contributed by atoms with van der Waals surface area (Å²) in [5.74, 6) is 0.348. The molecule has 0 unspecified atom stereocenters. The van der Waals surface area contributed by atoms with Gasteiger partial charge in [-0.1, -0.05) is 24.2 Å². The van der Waals surface area contributed by atoms with Gasteiger partial charge in [0.1, 0.15) is 17.7 Å². The van der Waals surface area contributed by atoms with Crippen LogP contribution >= 0.6 is 34.3 Å². The third-order valence-corrected chi connectivity index (χ3v) is 11.1. The number of urea groups is 1. The molecule has 1 aromatic carbocycles. The average Bonchev–Trinajstić information content (AvgIpc) is 3.88. The van der Waals surface area contributed by atoms with Crippen molar-refractivity contribution in [2.24, 2.45) is 4.99 Å². The smallest absolute Gasteiger partial charge is 0.338 e. The molecule has 13 nitrogen and oxygen atoms in total. The Morgan fingerprint density at radius 2 is 2.10 bits per heavy atom. The lowest BCUT2D eigenvalue weighted by Crippen LogP contribution is -2.53. The number of anilines is 2. The van der Waals surface area contributed by atoms with Crippen molar-refractivity contribution in [2.45, 2.75) is 31.0 Å². The largest absolute Gasteiger partial charge is 0.513 e. The zero-order chi connectivity index (χ0) is 34.9. The number of amides is 2. The van der Waals surface area contributed by atoms with Gasteiger partial charge in [0.2, 0.25) is 0 Å². The Bertz CT molecular complexity index is 1840. The van der Waals surface area contributed by atoms with Gasteiger partial charge in [0.25, 0.3) is 0 Å². The van der Waals surface area contributed by atoms with Crippen molar-refractivity contribution in [3.05, 3.63) is 80.2 Å². The number of hydrogen-bond donors (Lipinski definition) is 2. The minimum atomic E-state index is -0.856. The van der Waals surface area contributed by atoms with E-state index in [9.17, 15) is 19.1 Å². The summed E-state index contributed by atoms with van der Waals surface area (Å²) in [5, 5.41) is 18.1. The first-order valence-electron chi connectivity index (χ1n) is 16.2. The number of hydrogen-bond acceptors (Lipinski definition) is 13. The first-order valence-corrected chi connectivity index (χ1v) is 18.3. The van der Waals surface area contributed by atoms with Crippen LogP contribution in [0, 0.1) is 5.82 Å². The van der Waals surface area contributed by atoms with Gasteiger partial charge in [0.15, 0.2) is 16.0 Å². The van der Waals surface area contributed by atoms with Crippen molar-refractivity contribution in [3.63, 3.8) is 0 Å². The second-order valence-corrected chi connectivity index (χ2v) is 14.5. The highest BCUT2D eigenvalue weighted by Gasteiger charge is 2.43. The topological polar surface area (TPSA) is 136 Å². The maximum Gasteiger partial charge on any atom is 0.338 e. The van der Waals surface area contributed by atoms with Crippen LogP contribution in [0.2, 0.25) is 5.02 Å². The summed E-state index contributed by atoms with van der Waals surface area (Å²) in [7, 11) is 1.31. The SMILES string of the molecule is C=C(O)CC[C@@H]1CN(c2csc(N3C[C@@H]4CN(CC5=C(C(=O)OC)[C@H](c6ccc(F)cc6Cl)N=C(c6nccs6)N5)CCN4C3=O)n2)CCO1. The zero-order valence-corrected chi connectivity index (χ0v) is 29.6. The lowest BCUT2D eigenvalue weighted by molar-refractivity contribution is -0.136. The van der Waals surface area contributed by atoms with Crippen molar-refractivity contribution < 1.29 is 28.6 Å². The maximum absolute atomic E-state index is 14.0. The number of nitrogens with one attached hydrogen (secondary N) is 1. The number of aromatic nitrogens is 2. The lowest BCUT2D eigenvalue weighted by atomic mass is 9.95. The molecule has 4 aliphatic rings. The molecule has 0 radical (unpaired) electrons. The van der Waals surface area contributed by atoms with E-state index in [1.807, 2.05) is 15.7 Å². The summed E-state index contributed by atoms with van der Waals surface area (Å²) in [6.07, 6.45) is 2.80. The molecule has 2 amide bonds. The number of nitrogens with zero attached hydrogens (tertiary/aromatic N) is 7. The van der Waals surface area contributed by atoms with Gasteiger partial charge in [0, 0.05) is 78.9 Å². The number of ether oxygens (including phenoxy) is 2. The van der Waals surface area contributed by atoms with Crippen LogP contribution in [0.25, 0.3) is 0 Å². The number of rotatable bonds is 10. The molecule has 0 saturated carbocycles. The number of esters is 1. The normalized spacial score (nSPS) is 22.8. The van der Waals surface area contributed by atoms with Gasteiger partial charge in [0.05, 0.1) is 43.7 Å². The number of methoxy groups -OCH3 is 1. The monoisotopic (exact) mass is 742 g/mol. The van der Waals surface area contributed by atoms with Crippen LogP contribution in [0.4, 0.5) is 20.1 Å². The van der Waals surface area contributed by atoms with Crippen molar-refractivity contribution in [3.8, 4) is 0 Å². The van der Waals surface area contributed by atoms with Gasteiger partial charge >= 0.3 is 12.0 Å². The number of halogens is 2. The Balaban J connectivity index is 1.08. The number of morpholine rings is 1. The van der Waals surface area contributed by atoms with E-state index in [0.717, 1.165) is 5.82 Å². The third-order valence-electron chi connectivity index (χ3n) is 9.17. The molecule has 17 heteroatoms. The van der Waals surface area contributed by atoms with Crippen molar-refractivity contribution >= 4 is 63.1 Å². The number of allylic oxidation sites excluding steroid dienone is 1. The summed E-state index contributed by atoms with van der Waals surface area (Å²) in [5.41, 5.74) is 1.32. The highest BCUT2D eigenvalue weighted by Crippen LogP contribution is 2.38. The number of fused-ring (bicyclic) bond motifs is 1. The van der Waals surface area contributed by atoms with E-state index < -0.39 is 17.8 Å². The Labute approximate surface area is 301 Å². The molecule has 6 heterocycles. The molecule has 3 atom stereocenters. The van der Waals surface area contributed by atoms with E-state index in [1.54, 1.807) is 11.1 Å². The average molecular weight is 743 g/mol. The first-order chi connectivity index (χ1) is 24.2. The molecule has 2 N–H and O–H groups in total. The van der Waals surface area contributed by atoms with Crippen LogP contribution in [0.1, 0.15) is 29.5 Å². The Morgan fingerprint density at radius 3 is 2.86 bits per heavy atom. The number of amidine groups is 1. The number of piperazine rings is 1. The molecular formula is C33H36ClFN8O5S2. The van der Waals surface area contributed by atoms with Crippen molar-refractivity contribution in [1.29, 1.82) is 0 Å². The molecule has 0 bridgehead atoms. The van der Waals surface area contributed by atoms with Gasteiger partial charge in [-0.2, -0.15) is 0 Å². The molecule has 2 aromatic heterocycles. The van der Waals surface area contributed by atoms with Gasteiger partial charge in [-0.15, -0.1) is 22.7 Å². The van der Waals surface area contributed by atoms with Gasteiger partial charge < -0.3 is 29.7 Å². The summed E-state index contributed by atoms with van der Waals surface area (Å²) in [4.78, 5) is 49.1. The predicted molar refractivity (Wildman–Crippen MR) is 190 cm³/mol. The van der Waals surface area contributed by atoms with E-state index in [1.165, 1.54) is 48.0 Å². The molecule has 4 aliphatic heterocycles. The number of aliphatic imine (C=N–C) groups is 1. The fourth-order valence-electron chi connectivity index (χ4n) is 6.72. The van der Waals surface area contributed by atoms with E-state index >= 15 is 0 Å². The zero-order valence-electron chi connectivity index (χ0n) is 27.3. The minimum Gasteiger partial charge on any atom is -0.513 e. The lowest BCUT2D eigenvalue weighted by Gasteiger charge is -2.38. The summed E-state index contributed by atoms with van der Waals surface area (Å²) < 4.78 is 25.1. The summed E-state index contributed by atoms with van der Waals surface area (Å²) in [6, 6.07) is 3.00. The third kappa shape index (κ3) is 7.07. The number of carbonyl (C=O) groups is 2. The van der Waals surface area contributed by atoms with Crippen LogP contribution < -0.4 is 15.1 Å². The van der Waals surface area contributed by atoms with Crippen LogP contribution in [0.5, 0.6) is 0 Å². The first kappa shape index (κ1) is 34.4. The maximum atomic E-state index is 14.0. The van der Waals surface area contributed by atoms with Crippen LogP contribution in [-0.4, -0.2) is 114 Å². The van der Waals surface area contributed by atoms with Crippen molar-refractivity contribution in [2.75, 3.05) is 69.3 Å². The second-order valence-electron chi connectivity index (χ2n) is 12.4. The Kier molecular flexibility index (Phi) is 10.1. The molecule has 264 valence electrons. The predicted octanol–water partition coefficient (Wildman–Crippen LogP) is 4.59. The van der Waals surface area contributed by atoms with E-state index in [4.69, 9.17) is 31.1 Å². The molecular weight excluding hydrogens is 707 g/mol. The molecule has 50 heavy (non-hydrogen) atoms. The minimum absolute atomic E-state index is 0.0356. The molecule has 3 saturated heterocycles. The highest BCUT2D eigenvalue weighted by molar-refractivity contribution is 7.14. The van der Waals surface area contributed by atoms with E-state index in [2.05, 4.69) is 26.7 Å². The van der Waals surface area contributed by atoms with Crippen LogP contribution in [-0.2, 0) is 14.3 Å². The number of aliphatic hydroxyl groups is 1. The quantitative estimate of drug-likeness (QED) is 0.224. The van der Waals surface area contributed by atoms with E-state index in [0.29, 0.717) is 92.5 Å². The van der Waals surface area contributed by atoms with E-state index in [-0.39, 0.29) is 34.5 Å². The summed E-state index contributed by atoms with van der Waals surface area (Å²) >= 11 is 9.34. The standard InChI is InChI=1S/C33H36ClFN8O5S2/c1-19(44)3-5-22-16-41(10-11-48-22)26-18-50-32(38-26)43-15-21-14-40(8-9-42(21)33(43)46)17-25-27(31(45)47-2)28(23-6-4-20(35)13-24(23)34)39-29(37-25)30-36-7-12-49-30/h4,6-7,12-13,18,21-22,28,44H,1,3,5,8-11,14-17H2,2H3,(H,37,39)/t21-,22+,28-/m0/s1. The van der Waals surface area contributed by atoms with Crippen LogP contribution in [0.15, 0.2) is 63.8 Å². The fraction of sp³-hybridized carbons (Fsp3) is 0.424. The van der Waals surface area contributed by atoms with Gasteiger partial charge in [-0.25, -0.2) is 23.9 Å². The Morgan fingerprint density at radius 1 is 1.24 bits per heavy atom. The number of carbonyl (C=O) groups excluding carboxylic acids is 2. The number of benzene rings is 1. The molecule has 0 aliphatic carbocycles. The fourth-order valence-corrected chi connectivity index (χ4v) is 8.42. The molecule has 0 spiro atoms. The molecule has 7 rings (SSSR count). The van der Waals surface area contributed by atoms with Gasteiger partial charge in [-0.3, -0.25) is 14.8 Å². The number of thiazole rings is 2. The summed E-state index contributed by atoms with van der Waals surface area (Å²) in [6.45, 7) is 7.91. The van der Waals surface area contributed by atoms with Gasteiger partial charge in [-0.05, 0) is 18.6 Å². The Hall–Kier alpha value is -4.09. The highest BCUT2D eigenvalue weighted by atomic mass is 35.5.